The second-order valence-corrected chi connectivity index (χ2v) is 6.59. The number of Topliss-reactive ketones (excluding diaryl/α,β-unsaturated/α-hetero) is 1. The predicted molar refractivity (Wildman–Crippen MR) is 106 cm³/mol. The molecule has 0 saturated carbocycles. The van der Waals surface area contributed by atoms with Crippen LogP contribution in [0.1, 0.15) is 45.5 Å². The van der Waals surface area contributed by atoms with E-state index >= 15 is 0 Å². The Balaban J connectivity index is 1.99. The Morgan fingerprint density at radius 3 is 2.37 bits per heavy atom. The number of hydrogen-bond donors (Lipinski definition) is 0. The molecule has 27 heavy (non-hydrogen) atoms. The summed E-state index contributed by atoms with van der Waals surface area (Å²) in [5.41, 5.74) is 4.38. The number of aryl methyl sites for hydroxylation is 2. The molecule has 0 atom stereocenters. The SMILES string of the molecule is C=CCN(Cc1ccc(C#N)cc1)C(=O)CCC(=O)c1ccc(C)c(C)c1. The lowest BCUT2D eigenvalue weighted by Crippen LogP contribution is -2.31. The molecule has 0 heterocycles. The van der Waals surface area contributed by atoms with Gasteiger partial charge in [-0.3, -0.25) is 9.59 Å². The monoisotopic (exact) mass is 360 g/mol. The summed E-state index contributed by atoms with van der Waals surface area (Å²) in [6.07, 6.45) is 2.02. The van der Waals surface area contributed by atoms with E-state index in [-0.39, 0.29) is 24.5 Å². The Kier molecular flexibility index (Phi) is 7.08. The highest BCUT2D eigenvalue weighted by molar-refractivity contribution is 5.98. The second kappa shape index (κ2) is 9.49. The zero-order valence-electron chi connectivity index (χ0n) is 15.9. The molecule has 4 nitrogen and oxygen atoms in total. The standard InChI is InChI=1S/C23H24N2O2/c1-4-13-25(16-20-8-6-19(15-24)7-9-20)23(27)12-11-22(26)21-10-5-17(2)18(3)14-21/h4-10,14H,1,11-13,16H2,2-3H3. The molecule has 0 bridgehead atoms. The van der Waals surface area contributed by atoms with Gasteiger partial charge in [-0.25, -0.2) is 0 Å². The number of amides is 1. The van der Waals surface area contributed by atoms with E-state index in [2.05, 4.69) is 12.6 Å². The van der Waals surface area contributed by atoms with Crippen molar-refractivity contribution in [2.24, 2.45) is 0 Å². The molecule has 2 rings (SSSR count). The predicted octanol–water partition coefficient (Wildman–Crippen LogP) is 4.35. The van der Waals surface area contributed by atoms with Gasteiger partial charge in [0.25, 0.3) is 0 Å². The third-order valence-electron chi connectivity index (χ3n) is 4.55. The molecule has 0 radical (unpaired) electrons. The van der Waals surface area contributed by atoms with Gasteiger partial charge in [0.1, 0.15) is 0 Å². The third-order valence-corrected chi connectivity index (χ3v) is 4.55. The summed E-state index contributed by atoms with van der Waals surface area (Å²) in [7, 11) is 0. The van der Waals surface area contributed by atoms with Crippen LogP contribution in [0.5, 0.6) is 0 Å². The van der Waals surface area contributed by atoms with Gasteiger partial charge in [0, 0.05) is 31.5 Å². The molecule has 0 saturated heterocycles. The second-order valence-electron chi connectivity index (χ2n) is 6.59. The van der Waals surface area contributed by atoms with Crippen LogP contribution < -0.4 is 0 Å². The summed E-state index contributed by atoms with van der Waals surface area (Å²) in [6.45, 7) is 8.52. The zero-order chi connectivity index (χ0) is 19.8. The van der Waals surface area contributed by atoms with Crippen molar-refractivity contribution < 1.29 is 9.59 Å². The normalized spacial score (nSPS) is 10.1. The van der Waals surface area contributed by atoms with Crippen LogP contribution in [0.4, 0.5) is 0 Å². The van der Waals surface area contributed by atoms with Crippen molar-refractivity contribution >= 4 is 11.7 Å². The number of ketones is 1. The molecular weight excluding hydrogens is 336 g/mol. The van der Waals surface area contributed by atoms with Gasteiger partial charge < -0.3 is 4.90 Å². The highest BCUT2D eigenvalue weighted by Gasteiger charge is 2.16. The number of nitrogens with zero attached hydrogens (tertiary/aromatic N) is 2. The maximum atomic E-state index is 12.6. The number of carbonyl (C=O) groups excluding carboxylic acids is 2. The van der Waals surface area contributed by atoms with Crippen LogP contribution in [0.25, 0.3) is 0 Å². The summed E-state index contributed by atoms with van der Waals surface area (Å²) in [5.74, 6) is -0.111. The van der Waals surface area contributed by atoms with E-state index in [4.69, 9.17) is 5.26 Å². The first-order chi connectivity index (χ1) is 12.9. The lowest BCUT2D eigenvalue weighted by atomic mass is 10.0. The fraction of sp³-hybridized carbons (Fsp3) is 0.261. The van der Waals surface area contributed by atoms with Crippen molar-refractivity contribution in [3.63, 3.8) is 0 Å². The number of nitriles is 1. The molecule has 0 spiro atoms. The van der Waals surface area contributed by atoms with Gasteiger partial charge in [-0.2, -0.15) is 5.26 Å². The van der Waals surface area contributed by atoms with Crippen molar-refractivity contribution in [2.75, 3.05) is 6.54 Å². The minimum absolute atomic E-state index is 0.0247. The van der Waals surface area contributed by atoms with Gasteiger partial charge in [-0.1, -0.05) is 30.3 Å². The molecule has 2 aromatic carbocycles. The van der Waals surface area contributed by atoms with Crippen molar-refractivity contribution in [2.45, 2.75) is 33.2 Å². The van der Waals surface area contributed by atoms with Crippen molar-refractivity contribution in [3.8, 4) is 6.07 Å². The number of hydrogen-bond acceptors (Lipinski definition) is 3. The highest BCUT2D eigenvalue weighted by atomic mass is 16.2. The third kappa shape index (κ3) is 5.65. The number of benzene rings is 2. The average Bonchev–Trinajstić information content (AvgIpc) is 2.68. The summed E-state index contributed by atoms with van der Waals surface area (Å²) in [4.78, 5) is 26.7. The molecule has 138 valence electrons. The lowest BCUT2D eigenvalue weighted by molar-refractivity contribution is -0.131. The minimum atomic E-state index is -0.0866. The van der Waals surface area contributed by atoms with Crippen LogP contribution in [-0.4, -0.2) is 23.1 Å². The van der Waals surface area contributed by atoms with Gasteiger partial charge in [-0.05, 0) is 48.7 Å². The fourth-order valence-electron chi connectivity index (χ4n) is 2.75. The van der Waals surface area contributed by atoms with Gasteiger partial charge in [0.2, 0.25) is 5.91 Å². The maximum Gasteiger partial charge on any atom is 0.223 e. The molecule has 0 aromatic heterocycles. The molecular formula is C23H24N2O2. The van der Waals surface area contributed by atoms with Crippen LogP contribution in [0.2, 0.25) is 0 Å². The summed E-state index contributed by atoms with van der Waals surface area (Å²) in [5, 5.41) is 8.87. The topological polar surface area (TPSA) is 61.2 Å². The molecule has 4 heteroatoms. The quantitative estimate of drug-likeness (QED) is 0.519. The van der Waals surface area contributed by atoms with Crippen LogP contribution in [0.3, 0.4) is 0 Å². The highest BCUT2D eigenvalue weighted by Crippen LogP contribution is 2.14. The van der Waals surface area contributed by atoms with E-state index in [0.717, 1.165) is 16.7 Å². The molecule has 2 aromatic rings. The Morgan fingerprint density at radius 2 is 1.78 bits per heavy atom. The molecule has 0 fully saturated rings. The summed E-state index contributed by atoms with van der Waals surface area (Å²) in [6, 6.07) is 14.8. The van der Waals surface area contributed by atoms with Crippen LogP contribution in [0.15, 0.2) is 55.1 Å². The van der Waals surface area contributed by atoms with Crippen molar-refractivity contribution in [1.82, 2.24) is 4.90 Å². The fourth-order valence-corrected chi connectivity index (χ4v) is 2.75. The molecule has 0 aliphatic rings. The van der Waals surface area contributed by atoms with Gasteiger partial charge >= 0.3 is 0 Å². The van der Waals surface area contributed by atoms with E-state index in [1.165, 1.54) is 0 Å². The Labute approximate surface area is 160 Å². The number of carbonyl (C=O) groups is 2. The van der Waals surface area contributed by atoms with Gasteiger partial charge in [0.05, 0.1) is 11.6 Å². The lowest BCUT2D eigenvalue weighted by Gasteiger charge is -2.21. The average molecular weight is 360 g/mol. The van der Waals surface area contributed by atoms with E-state index in [9.17, 15) is 9.59 Å². The van der Waals surface area contributed by atoms with E-state index in [0.29, 0.717) is 24.2 Å². The molecule has 1 amide bonds. The molecule has 0 N–H and O–H groups in total. The smallest absolute Gasteiger partial charge is 0.223 e. The van der Waals surface area contributed by atoms with Gasteiger partial charge in [-0.15, -0.1) is 6.58 Å². The Morgan fingerprint density at radius 1 is 1.07 bits per heavy atom. The van der Waals surface area contributed by atoms with Crippen LogP contribution in [0, 0.1) is 25.2 Å². The molecule has 0 unspecified atom stereocenters. The Hall–Kier alpha value is -3.19. The number of rotatable bonds is 8. The van der Waals surface area contributed by atoms with Crippen molar-refractivity contribution in [1.29, 1.82) is 5.26 Å². The van der Waals surface area contributed by atoms with Crippen LogP contribution in [-0.2, 0) is 11.3 Å². The molecule has 0 aliphatic carbocycles. The first-order valence-corrected chi connectivity index (χ1v) is 8.92. The van der Waals surface area contributed by atoms with E-state index in [1.807, 2.05) is 44.2 Å². The zero-order valence-corrected chi connectivity index (χ0v) is 15.9. The van der Waals surface area contributed by atoms with Crippen molar-refractivity contribution in [3.05, 3.63) is 82.9 Å². The Bertz CT molecular complexity index is 876. The summed E-state index contributed by atoms with van der Waals surface area (Å²) < 4.78 is 0. The largest absolute Gasteiger partial charge is 0.335 e. The minimum Gasteiger partial charge on any atom is -0.335 e. The molecule has 0 aliphatic heterocycles. The first kappa shape index (κ1) is 20.1. The first-order valence-electron chi connectivity index (χ1n) is 8.92. The van der Waals surface area contributed by atoms with Gasteiger partial charge in [0.15, 0.2) is 5.78 Å². The van der Waals surface area contributed by atoms with Crippen LogP contribution >= 0.6 is 0 Å². The van der Waals surface area contributed by atoms with E-state index in [1.54, 1.807) is 23.1 Å². The summed E-state index contributed by atoms with van der Waals surface area (Å²) >= 11 is 0. The van der Waals surface area contributed by atoms with E-state index < -0.39 is 0 Å². The maximum absolute atomic E-state index is 12.6.